The minimum atomic E-state index is -4.56. The van der Waals surface area contributed by atoms with E-state index in [1.807, 2.05) is 62.7 Å². The highest BCUT2D eigenvalue weighted by atomic mass is 35.5. The maximum absolute atomic E-state index is 14.0. The van der Waals surface area contributed by atoms with Gasteiger partial charge < -0.3 is 44.6 Å². The van der Waals surface area contributed by atoms with Gasteiger partial charge in [-0.3, -0.25) is 25.5 Å². The van der Waals surface area contributed by atoms with Crippen molar-refractivity contribution in [2.45, 2.75) is 99.2 Å². The number of nitrogens with two attached hydrogens (primary N) is 1. The van der Waals surface area contributed by atoms with E-state index in [2.05, 4.69) is 162 Å². The van der Waals surface area contributed by atoms with Crippen LogP contribution in [0, 0.1) is 23.0 Å². The van der Waals surface area contributed by atoms with Gasteiger partial charge in [-0.15, -0.1) is 0 Å². The molecule has 0 aliphatic carbocycles. The minimum absolute atomic E-state index is 0.0883. The van der Waals surface area contributed by atoms with E-state index in [-0.39, 0.29) is 17.3 Å². The van der Waals surface area contributed by atoms with Crippen LogP contribution >= 0.6 is 11.6 Å². The predicted octanol–water partition coefficient (Wildman–Crippen LogP) is 15.2. The molecule has 0 radical (unpaired) electrons. The lowest BCUT2D eigenvalue weighted by Gasteiger charge is -2.16. The normalized spacial score (nSPS) is 11.2. The number of rotatable bonds is 29. The zero-order valence-electron chi connectivity index (χ0n) is 62.0. The zero-order valence-corrected chi connectivity index (χ0v) is 62.7. The number of methoxy groups -OCH3 is 1. The first-order valence-electron chi connectivity index (χ1n) is 34.6. The van der Waals surface area contributed by atoms with Crippen LogP contribution in [0.2, 0.25) is 5.02 Å². The van der Waals surface area contributed by atoms with Gasteiger partial charge in [0.15, 0.2) is 0 Å². The Hall–Kier alpha value is -9.59. The summed E-state index contributed by atoms with van der Waals surface area (Å²) in [5.74, 6) is -1.03. The number of nitrogens with zero attached hydrogens (tertiary/aromatic N) is 12. The van der Waals surface area contributed by atoms with Crippen molar-refractivity contribution in [2.24, 2.45) is 5.73 Å². The Morgan fingerprint density at radius 3 is 1.39 bits per heavy atom. The Morgan fingerprint density at radius 1 is 0.529 bits per heavy atom. The first-order chi connectivity index (χ1) is 49.9. The fourth-order valence-electron chi connectivity index (χ4n) is 11.5. The van der Waals surface area contributed by atoms with Crippen LogP contribution in [0.15, 0.2) is 134 Å². The quantitative estimate of drug-likeness (QED) is 0.0188. The Labute approximate surface area is 612 Å². The van der Waals surface area contributed by atoms with Crippen LogP contribution in [0.5, 0.6) is 5.75 Å². The maximum Gasteiger partial charge on any atom is 0.416 e. The van der Waals surface area contributed by atoms with Crippen molar-refractivity contribution < 1.29 is 36.2 Å². The van der Waals surface area contributed by atoms with E-state index in [9.17, 15) is 26.7 Å². The third kappa shape index (κ3) is 25.1. The molecule has 104 heavy (non-hydrogen) atoms. The van der Waals surface area contributed by atoms with E-state index in [1.54, 1.807) is 49.6 Å². The van der Waals surface area contributed by atoms with Crippen molar-refractivity contribution >= 4 is 23.3 Å². The van der Waals surface area contributed by atoms with Gasteiger partial charge >= 0.3 is 12.1 Å². The Balaban J connectivity index is 0.000000204. The van der Waals surface area contributed by atoms with Gasteiger partial charge in [0.1, 0.15) is 17.4 Å². The number of alkyl halides is 3. The summed E-state index contributed by atoms with van der Waals surface area (Å²) in [7, 11) is 15.9. The van der Waals surface area contributed by atoms with Crippen molar-refractivity contribution in [1.29, 1.82) is 5.26 Å². The monoisotopic (exact) mass is 1450 g/mol. The van der Waals surface area contributed by atoms with Gasteiger partial charge in [-0.05, 0) is 167 Å². The SMILES string of the molecule is CCCN(C)Cc1cn[nH]c1-c1cc(C#N)ccc1Cl.CCCN(C)Cc1cn[nH]c1-c1ccc(C(F)(F)F)cc1F.CCCN(C)Cc1cn[nH]c1-c1ccc(F)cc1OC.CCCN(C)Cc1cn[nH]c1-c1cccc(N(C)C)c1.CCOC(=O)c1cccc(-c2[nH]ncc2CN(C)CCN)c1. The number of esters is 1. The van der Waals surface area contributed by atoms with Crippen LogP contribution in [0.1, 0.15) is 110 Å². The number of ether oxygens (including phenoxy) is 2. The Morgan fingerprint density at radius 2 is 0.962 bits per heavy atom. The molecule has 27 heteroatoms. The molecule has 0 spiro atoms. The van der Waals surface area contributed by atoms with Gasteiger partial charge in [0.05, 0.1) is 101 Å². The fraction of sp³-hybridized carbons (Fsp3) is 0.390. The number of anilines is 1. The van der Waals surface area contributed by atoms with Crippen LogP contribution in [-0.4, -0.2) is 184 Å². The number of likely N-dealkylation sites (N-methyl/N-ethyl adjacent to an activating group) is 1. The van der Waals surface area contributed by atoms with Crippen LogP contribution in [0.3, 0.4) is 0 Å². The molecule has 0 amide bonds. The maximum atomic E-state index is 14.0. The lowest BCUT2D eigenvalue weighted by molar-refractivity contribution is -0.137. The molecule has 0 atom stereocenters. The number of hydrogen-bond donors (Lipinski definition) is 6. The van der Waals surface area contributed by atoms with Gasteiger partial charge in [0.2, 0.25) is 0 Å². The minimum Gasteiger partial charge on any atom is -0.496 e. The van der Waals surface area contributed by atoms with Crippen LogP contribution < -0.4 is 15.4 Å². The molecule has 7 N–H and O–H groups in total. The van der Waals surface area contributed by atoms with Gasteiger partial charge in [0.25, 0.3) is 0 Å². The molecule has 0 saturated heterocycles. The highest BCUT2D eigenvalue weighted by Crippen LogP contribution is 2.36. The number of benzene rings is 5. The molecule has 5 aromatic heterocycles. The molecule has 10 rings (SSSR count). The Bertz CT molecular complexity index is 4250. The van der Waals surface area contributed by atoms with Gasteiger partial charge in [-0.2, -0.15) is 43.9 Å². The van der Waals surface area contributed by atoms with Crippen molar-refractivity contribution in [1.82, 2.24) is 75.5 Å². The van der Waals surface area contributed by atoms with E-state index in [4.69, 9.17) is 32.1 Å². The summed E-state index contributed by atoms with van der Waals surface area (Å²) in [6.45, 7) is 19.9. The number of carbonyl (C=O) groups is 1. The summed E-state index contributed by atoms with van der Waals surface area (Å²) in [5.41, 5.74) is 20.2. The molecular weight excluding hydrogens is 1360 g/mol. The van der Waals surface area contributed by atoms with Crippen LogP contribution in [0.4, 0.5) is 27.6 Å². The third-order valence-electron chi connectivity index (χ3n) is 16.4. The lowest BCUT2D eigenvalue weighted by Crippen LogP contribution is -2.25. The van der Waals surface area contributed by atoms with E-state index < -0.39 is 17.6 Å². The van der Waals surface area contributed by atoms with E-state index in [0.717, 1.165) is 152 Å². The second kappa shape index (κ2) is 42.2. The number of halogens is 6. The van der Waals surface area contributed by atoms with Crippen molar-refractivity contribution in [2.75, 3.05) is 107 Å². The molecule has 5 heterocycles. The molecular formula is C77H100ClF5N18O3. The summed E-state index contributed by atoms with van der Waals surface area (Å²) in [6, 6.07) is 30.3. The summed E-state index contributed by atoms with van der Waals surface area (Å²) in [5, 5.41) is 44.9. The summed E-state index contributed by atoms with van der Waals surface area (Å²) in [6.07, 6.45) is 8.72. The number of aromatic nitrogens is 10. The number of H-pyrrole nitrogens is 5. The van der Waals surface area contributed by atoms with Crippen molar-refractivity contribution in [3.05, 3.63) is 195 Å². The number of hydrogen-bond acceptors (Lipinski definition) is 16. The molecule has 0 unspecified atom stereocenters. The van der Waals surface area contributed by atoms with Crippen molar-refractivity contribution in [3.63, 3.8) is 0 Å². The van der Waals surface area contributed by atoms with Gasteiger partial charge in [0, 0.05) is 127 Å². The first kappa shape index (κ1) is 83.4. The molecule has 0 bridgehead atoms. The molecule has 0 aliphatic rings. The molecule has 0 fully saturated rings. The topological polar surface area (TPSA) is 248 Å². The summed E-state index contributed by atoms with van der Waals surface area (Å²) in [4.78, 5) is 24.9. The average molecular weight is 1460 g/mol. The first-order valence-corrected chi connectivity index (χ1v) is 35.0. The highest BCUT2D eigenvalue weighted by Gasteiger charge is 2.32. The second-order valence-electron chi connectivity index (χ2n) is 25.4. The summed E-state index contributed by atoms with van der Waals surface area (Å²) >= 11 is 6.24. The molecule has 21 nitrogen and oxygen atoms in total. The lowest BCUT2D eigenvalue weighted by atomic mass is 10.0. The molecule has 10 aromatic rings. The predicted molar refractivity (Wildman–Crippen MR) is 403 cm³/mol. The smallest absolute Gasteiger partial charge is 0.416 e. The van der Waals surface area contributed by atoms with Crippen LogP contribution in [0.25, 0.3) is 56.3 Å². The van der Waals surface area contributed by atoms with E-state index in [1.165, 1.54) is 42.5 Å². The third-order valence-corrected chi connectivity index (χ3v) is 16.7. The molecule has 558 valence electrons. The van der Waals surface area contributed by atoms with Gasteiger partial charge in [-0.1, -0.05) is 63.6 Å². The number of nitriles is 1. The highest BCUT2D eigenvalue weighted by molar-refractivity contribution is 6.33. The number of aromatic amines is 5. The second-order valence-corrected chi connectivity index (χ2v) is 25.8. The molecule has 0 aliphatic heterocycles. The van der Waals surface area contributed by atoms with Crippen LogP contribution in [-0.2, 0) is 43.6 Å². The fourth-order valence-corrected chi connectivity index (χ4v) is 11.7. The number of carbonyl (C=O) groups excluding carboxylic acids is 1. The average Bonchev–Trinajstić information content (AvgIpc) is 1.32. The standard InChI is InChI=1S/C16H22N4O2.C16H24N4.C15H17ClN4.C15H17F4N3.C15H20FN3O/c1-3-22-16(21)13-6-4-5-12(9-13)15-14(10-18-19-15)11-20(2)8-7-17;1-5-9-20(4)12-14-11-17-18-16(14)13-7-6-8-15(10-13)19(2)3;1-3-6-20(2)10-12-9-18-19-15(12)13-7-11(8-17)4-5-14(13)16;1-3-6-22(2)9-10-8-20-21-14(10)12-5-4-11(7-13(12)16)15(17,18)19;1-4-7-19(2)10-11-9-17-18-15(11)13-6-5-12(16)8-14(13)20-3/h4-6,9-10H,3,7-8,11,17H2,1-2H3,(H,18,19);6-8,10-11H,5,9,12H2,1-4H3,(H,17,18);4-5,7,9H,3,6,10H2,1-2H3,(H,18,19);4-5,7-8H,3,6,9H2,1-2H3,(H,20,21);5-6,8-9H,4,7,10H2,1-3H3,(H,17,18). The molecule has 0 saturated carbocycles. The van der Waals surface area contributed by atoms with E-state index >= 15 is 0 Å². The Kier molecular flexibility index (Phi) is 33.9. The van der Waals surface area contributed by atoms with E-state index in [0.29, 0.717) is 53.4 Å². The van der Waals surface area contributed by atoms with Crippen molar-refractivity contribution in [3.8, 4) is 68.1 Å². The largest absolute Gasteiger partial charge is 0.496 e. The molecule has 5 aromatic carbocycles. The summed E-state index contributed by atoms with van der Waals surface area (Å²) < 4.78 is 75.4. The number of nitrogens with one attached hydrogen (secondary N) is 5. The zero-order chi connectivity index (χ0) is 75.9. The van der Waals surface area contributed by atoms with Gasteiger partial charge in [-0.25, -0.2) is 13.6 Å².